The number of anilines is 1. The van der Waals surface area contributed by atoms with Crippen LogP contribution in [0.15, 0.2) is 18.2 Å². The van der Waals surface area contributed by atoms with Gasteiger partial charge in [0.2, 0.25) is 0 Å². The van der Waals surface area contributed by atoms with Crippen molar-refractivity contribution in [3.63, 3.8) is 0 Å². The highest BCUT2D eigenvalue weighted by Gasteiger charge is 2.33. The number of thioether (sulfide) groups is 2. The van der Waals surface area contributed by atoms with Gasteiger partial charge in [0.25, 0.3) is 0 Å². The number of benzene rings is 1. The summed E-state index contributed by atoms with van der Waals surface area (Å²) in [6, 6.07) is 5.57. The molecule has 0 saturated carbocycles. The second-order valence-electron chi connectivity index (χ2n) is 5.33. The summed E-state index contributed by atoms with van der Waals surface area (Å²) in [7, 11) is 4.85. The molecule has 0 amide bonds. The van der Waals surface area contributed by atoms with Crippen molar-refractivity contribution in [2.45, 2.75) is 28.1 Å². The van der Waals surface area contributed by atoms with Gasteiger partial charge in [-0.05, 0) is 18.2 Å². The van der Waals surface area contributed by atoms with Crippen molar-refractivity contribution in [3.8, 4) is 5.75 Å². The molecule has 3 rings (SSSR count). The lowest BCUT2D eigenvalue weighted by molar-refractivity contribution is 0.128. The van der Waals surface area contributed by atoms with Crippen molar-refractivity contribution in [2.24, 2.45) is 0 Å². The van der Waals surface area contributed by atoms with Crippen LogP contribution in [0.2, 0.25) is 0 Å². The van der Waals surface area contributed by atoms with E-state index in [1.165, 1.54) is 11.8 Å². The van der Waals surface area contributed by atoms with Crippen molar-refractivity contribution < 1.29 is 19.3 Å². The van der Waals surface area contributed by atoms with Crippen LogP contribution in [-0.2, 0) is 9.47 Å². The number of aliphatic hydroxyl groups excluding tert-OH is 1. The molecule has 25 heavy (non-hydrogen) atoms. The van der Waals surface area contributed by atoms with Gasteiger partial charge in [-0.2, -0.15) is 0 Å². The van der Waals surface area contributed by atoms with Crippen LogP contribution in [0.5, 0.6) is 5.75 Å². The van der Waals surface area contributed by atoms with Crippen molar-refractivity contribution in [3.05, 3.63) is 23.8 Å². The van der Waals surface area contributed by atoms with Crippen molar-refractivity contribution in [2.75, 3.05) is 26.6 Å². The van der Waals surface area contributed by atoms with Gasteiger partial charge in [0.1, 0.15) is 22.7 Å². The Morgan fingerprint density at radius 1 is 1.04 bits per heavy atom. The van der Waals surface area contributed by atoms with E-state index in [-0.39, 0.29) is 22.0 Å². The lowest BCUT2D eigenvalue weighted by Gasteiger charge is -2.23. The lowest BCUT2D eigenvalue weighted by Crippen LogP contribution is -2.38. The summed E-state index contributed by atoms with van der Waals surface area (Å²) >= 11 is 3.02. The molecule has 9 nitrogen and oxygen atoms in total. The summed E-state index contributed by atoms with van der Waals surface area (Å²) in [5.74, 6) is 0.679. The van der Waals surface area contributed by atoms with Crippen LogP contribution in [0, 0.1) is 0 Å². The normalized spacial score (nSPS) is 30.4. The van der Waals surface area contributed by atoms with Gasteiger partial charge < -0.3 is 24.6 Å². The Balaban J connectivity index is 1.76. The van der Waals surface area contributed by atoms with E-state index in [2.05, 4.69) is 27.0 Å². The summed E-state index contributed by atoms with van der Waals surface area (Å²) < 4.78 is 15.8. The topological polar surface area (TPSA) is 108 Å². The summed E-state index contributed by atoms with van der Waals surface area (Å²) in [5, 5.41) is 14.0. The smallest absolute Gasteiger partial charge is 0.171 e. The predicted octanol–water partition coefficient (Wildman–Crippen LogP) is 0.292. The quantitative estimate of drug-likeness (QED) is 0.387. The molecule has 2 heterocycles. The van der Waals surface area contributed by atoms with Crippen LogP contribution in [0.3, 0.4) is 0 Å². The Hall–Kier alpha value is -0.760. The minimum atomic E-state index is -0.771. The summed E-state index contributed by atoms with van der Waals surface area (Å²) in [4.78, 5) is 0. The third kappa shape index (κ3) is 4.51. The molecular formula is C14H23N5O4S2. The molecule has 5 unspecified atom stereocenters. The highest BCUT2D eigenvalue weighted by atomic mass is 32.2. The van der Waals surface area contributed by atoms with E-state index in [0.29, 0.717) is 5.75 Å². The fourth-order valence-electron chi connectivity index (χ4n) is 2.49. The molecule has 140 valence electrons. The molecule has 0 aliphatic carbocycles. The van der Waals surface area contributed by atoms with Crippen LogP contribution in [0.25, 0.3) is 0 Å². The highest BCUT2D eigenvalue weighted by molar-refractivity contribution is 8.00. The number of hydrazine groups is 2. The summed E-state index contributed by atoms with van der Waals surface area (Å²) in [6.45, 7) is 0. The van der Waals surface area contributed by atoms with Crippen molar-refractivity contribution in [1.82, 2.24) is 21.7 Å². The number of hydrogen-bond acceptors (Lipinski definition) is 11. The second kappa shape index (κ2) is 8.75. The van der Waals surface area contributed by atoms with E-state index in [0.717, 1.165) is 11.3 Å². The van der Waals surface area contributed by atoms with Crippen molar-refractivity contribution in [1.29, 1.82) is 0 Å². The van der Waals surface area contributed by atoms with E-state index in [1.807, 2.05) is 18.2 Å². The number of nitrogens with one attached hydrogen (secondary N) is 5. The van der Waals surface area contributed by atoms with E-state index < -0.39 is 6.10 Å². The molecule has 11 heteroatoms. The average molecular weight is 390 g/mol. The fourth-order valence-corrected chi connectivity index (χ4v) is 4.26. The van der Waals surface area contributed by atoms with Crippen LogP contribution < -0.4 is 31.8 Å². The van der Waals surface area contributed by atoms with Gasteiger partial charge >= 0.3 is 0 Å². The maximum Gasteiger partial charge on any atom is 0.171 e. The number of hydrogen-bond donors (Lipinski definition) is 6. The number of rotatable bonds is 7. The zero-order valence-corrected chi connectivity index (χ0v) is 15.7. The largest absolute Gasteiger partial charge is 0.497 e. The maximum atomic E-state index is 10.9. The Bertz CT molecular complexity index is 584. The first-order chi connectivity index (χ1) is 12.1. The van der Waals surface area contributed by atoms with Gasteiger partial charge in [0.15, 0.2) is 11.1 Å². The predicted molar refractivity (Wildman–Crippen MR) is 98.5 cm³/mol. The van der Waals surface area contributed by atoms with Crippen LogP contribution in [0.1, 0.15) is 11.7 Å². The standard InChI is InChI=1S/C14H23N5O4S2/c1-21-7-4-5-9(15-12-17-19-14(23-3)25-12)8(6-7)10(20)11-16-18-13(22-2)24-11/h4-6,10-20H,1-3H3. The lowest BCUT2D eigenvalue weighted by atomic mass is 10.1. The number of ether oxygens (including phenoxy) is 3. The molecule has 1 aromatic carbocycles. The number of methoxy groups -OCH3 is 3. The van der Waals surface area contributed by atoms with Gasteiger partial charge in [-0.15, -0.1) is 0 Å². The van der Waals surface area contributed by atoms with Gasteiger partial charge in [0, 0.05) is 25.5 Å². The number of aliphatic hydroxyl groups is 1. The SMILES string of the molecule is COc1ccc(NC2NNC(OC)S2)c(C(O)C2NNC(OC)S2)c1. The summed E-state index contributed by atoms with van der Waals surface area (Å²) in [6.07, 6.45) is -0.771. The Morgan fingerprint density at radius 3 is 2.40 bits per heavy atom. The average Bonchev–Trinajstić information content (AvgIpc) is 3.30. The molecular weight excluding hydrogens is 366 g/mol. The molecule has 1 aromatic rings. The minimum absolute atomic E-state index is 0.0988. The van der Waals surface area contributed by atoms with Gasteiger partial charge in [-0.1, -0.05) is 23.5 Å². The summed E-state index contributed by atoms with van der Waals surface area (Å²) in [5.41, 5.74) is 13.2. The third-order valence-electron chi connectivity index (χ3n) is 3.78. The molecule has 2 fully saturated rings. The Kier molecular flexibility index (Phi) is 6.66. The molecule has 2 saturated heterocycles. The van der Waals surface area contributed by atoms with E-state index in [9.17, 15) is 5.11 Å². The molecule has 5 atom stereocenters. The zero-order valence-electron chi connectivity index (χ0n) is 14.1. The molecule has 6 N–H and O–H groups in total. The maximum absolute atomic E-state index is 10.9. The Labute approximate surface area is 154 Å². The third-order valence-corrected chi connectivity index (χ3v) is 6.08. The first-order valence-electron chi connectivity index (χ1n) is 7.65. The van der Waals surface area contributed by atoms with Crippen molar-refractivity contribution >= 4 is 29.2 Å². The van der Waals surface area contributed by atoms with E-state index in [4.69, 9.17) is 14.2 Å². The van der Waals surface area contributed by atoms with Crippen LogP contribution in [-0.4, -0.2) is 48.4 Å². The molecule has 0 spiro atoms. The van der Waals surface area contributed by atoms with Gasteiger partial charge in [0.05, 0.1) is 7.11 Å². The van der Waals surface area contributed by atoms with Crippen LogP contribution >= 0.6 is 23.5 Å². The Morgan fingerprint density at radius 2 is 1.76 bits per heavy atom. The fraction of sp³-hybridized carbons (Fsp3) is 0.571. The highest BCUT2D eigenvalue weighted by Crippen LogP contribution is 2.36. The molecule has 0 radical (unpaired) electrons. The van der Waals surface area contributed by atoms with Gasteiger partial charge in [-0.25, -0.2) is 21.7 Å². The second-order valence-corrected chi connectivity index (χ2v) is 7.71. The van der Waals surface area contributed by atoms with Gasteiger partial charge in [-0.3, -0.25) is 0 Å². The van der Waals surface area contributed by atoms with Crippen LogP contribution in [0.4, 0.5) is 5.69 Å². The molecule has 0 bridgehead atoms. The minimum Gasteiger partial charge on any atom is -0.497 e. The first kappa shape index (κ1) is 19.0. The monoisotopic (exact) mass is 389 g/mol. The van der Waals surface area contributed by atoms with E-state index in [1.54, 1.807) is 33.1 Å². The first-order valence-corrected chi connectivity index (χ1v) is 9.54. The molecule has 2 aliphatic rings. The zero-order chi connectivity index (χ0) is 17.8. The van der Waals surface area contributed by atoms with E-state index >= 15 is 0 Å². The molecule has 2 aliphatic heterocycles. The molecule has 0 aromatic heterocycles.